The Labute approximate surface area is 120 Å². The molecule has 1 aliphatic heterocycles. The van der Waals surface area contributed by atoms with E-state index in [2.05, 4.69) is 14.9 Å². The molecule has 6 nitrogen and oxygen atoms in total. The highest BCUT2D eigenvalue weighted by Gasteiger charge is 2.14. The molecule has 0 unspecified atom stereocenters. The van der Waals surface area contributed by atoms with E-state index < -0.39 is 0 Å². The molecule has 2 aromatic heterocycles. The van der Waals surface area contributed by atoms with Crippen LogP contribution in [0.3, 0.4) is 0 Å². The fraction of sp³-hybridized carbons (Fsp3) is 0.462. The van der Waals surface area contributed by atoms with Crippen molar-refractivity contribution in [2.24, 2.45) is 5.73 Å². The van der Waals surface area contributed by atoms with Gasteiger partial charge in [-0.05, 0) is 12.1 Å². The predicted octanol–water partition coefficient (Wildman–Crippen LogP) is 0.946. The second-order valence-corrected chi connectivity index (χ2v) is 5.73. The highest BCUT2D eigenvalue weighted by molar-refractivity contribution is 7.18. The van der Waals surface area contributed by atoms with Gasteiger partial charge in [0.05, 0.1) is 18.2 Å². The van der Waals surface area contributed by atoms with Crippen LogP contribution in [0.5, 0.6) is 0 Å². The molecule has 20 heavy (non-hydrogen) atoms. The number of thiazole rings is 1. The topological polar surface area (TPSA) is 81.3 Å². The molecule has 106 valence electrons. The minimum Gasteiger partial charge on any atom is -0.378 e. The Morgan fingerprint density at radius 3 is 2.90 bits per heavy atom. The zero-order chi connectivity index (χ0) is 13.9. The van der Waals surface area contributed by atoms with E-state index in [9.17, 15) is 4.79 Å². The molecule has 0 radical (unpaired) electrons. The molecule has 0 atom stereocenters. The van der Waals surface area contributed by atoms with Crippen LogP contribution in [0.1, 0.15) is 11.4 Å². The second-order valence-electron chi connectivity index (χ2n) is 4.67. The van der Waals surface area contributed by atoms with Gasteiger partial charge in [0.25, 0.3) is 0 Å². The summed E-state index contributed by atoms with van der Waals surface area (Å²) >= 11 is 1.53. The fourth-order valence-electron chi connectivity index (χ4n) is 2.16. The van der Waals surface area contributed by atoms with Crippen LogP contribution < -0.4 is 10.6 Å². The van der Waals surface area contributed by atoms with E-state index in [1.165, 1.54) is 11.3 Å². The fourth-order valence-corrected chi connectivity index (χ4v) is 3.09. The molecule has 3 rings (SSSR count). The number of pyridine rings is 1. The summed E-state index contributed by atoms with van der Waals surface area (Å²) < 4.78 is 5.34. The number of nitrogens with two attached hydrogens (primary N) is 1. The standard InChI is InChI=1S/C13H16N4O2S/c14-10(18)2-4-12-15-9-1-3-11(16-13(9)20-12)17-5-7-19-8-6-17/h1,3H,2,4-8H2,(H2,14,18). The number of aromatic nitrogens is 2. The Balaban J connectivity index is 1.81. The summed E-state index contributed by atoms with van der Waals surface area (Å²) in [5, 5.41) is 0.908. The van der Waals surface area contributed by atoms with Gasteiger partial charge in [-0.15, -0.1) is 0 Å². The molecule has 0 bridgehead atoms. The van der Waals surface area contributed by atoms with Crippen LogP contribution in [0, 0.1) is 0 Å². The van der Waals surface area contributed by atoms with Crippen LogP contribution in [0.25, 0.3) is 10.3 Å². The summed E-state index contributed by atoms with van der Waals surface area (Å²) in [6.45, 7) is 3.22. The lowest BCUT2D eigenvalue weighted by atomic mass is 10.3. The summed E-state index contributed by atoms with van der Waals surface area (Å²) in [7, 11) is 0. The quantitative estimate of drug-likeness (QED) is 0.907. The molecule has 1 amide bonds. The van der Waals surface area contributed by atoms with Crippen LogP contribution in [-0.2, 0) is 16.0 Å². The van der Waals surface area contributed by atoms with Gasteiger partial charge in [0.1, 0.15) is 16.2 Å². The van der Waals surface area contributed by atoms with Crippen molar-refractivity contribution in [1.29, 1.82) is 0 Å². The number of carbonyl (C=O) groups is 1. The van der Waals surface area contributed by atoms with Crippen LogP contribution in [0.15, 0.2) is 12.1 Å². The number of amides is 1. The molecule has 2 N–H and O–H groups in total. The number of aryl methyl sites for hydroxylation is 1. The molecule has 0 spiro atoms. The average Bonchev–Trinajstić information content (AvgIpc) is 2.88. The zero-order valence-electron chi connectivity index (χ0n) is 11.0. The Kier molecular flexibility index (Phi) is 3.79. The van der Waals surface area contributed by atoms with E-state index >= 15 is 0 Å². The Bertz CT molecular complexity index is 622. The van der Waals surface area contributed by atoms with E-state index in [4.69, 9.17) is 10.5 Å². The van der Waals surface area contributed by atoms with Crippen LogP contribution in [0.2, 0.25) is 0 Å². The number of anilines is 1. The van der Waals surface area contributed by atoms with Gasteiger partial charge in [-0.2, -0.15) is 0 Å². The first-order valence-electron chi connectivity index (χ1n) is 6.60. The van der Waals surface area contributed by atoms with Gasteiger partial charge >= 0.3 is 0 Å². The lowest BCUT2D eigenvalue weighted by Gasteiger charge is -2.27. The molecular weight excluding hydrogens is 276 g/mol. The van der Waals surface area contributed by atoms with E-state index in [0.717, 1.165) is 47.5 Å². The molecule has 1 saturated heterocycles. The van der Waals surface area contributed by atoms with Crippen molar-refractivity contribution in [2.75, 3.05) is 31.2 Å². The van der Waals surface area contributed by atoms with Crippen molar-refractivity contribution in [2.45, 2.75) is 12.8 Å². The normalized spacial score (nSPS) is 15.7. The SMILES string of the molecule is NC(=O)CCc1nc2ccc(N3CCOCC3)nc2s1. The highest BCUT2D eigenvalue weighted by Crippen LogP contribution is 2.24. The molecule has 0 saturated carbocycles. The van der Waals surface area contributed by atoms with Gasteiger partial charge in [0.2, 0.25) is 5.91 Å². The van der Waals surface area contributed by atoms with Crippen molar-refractivity contribution in [3.8, 4) is 0 Å². The van der Waals surface area contributed by atoms with Gasteiger partial charge in [0, 0.05) is 25.9 Å². The first-order valence-corrected chi connectivity index (χ1v) is 7.41. The molecule has 1 fully saturated rings. The maximum Gasteiger partial charge on any atom is 0.217 e. The van der Waals surface area contributed by atoms with Gasteiger partial charge in [0.15, 0.2) is 0 Å². The largest absolute Gasteiger partial charge is 0.378 e. The number of ether oxygens (including phenoxy) is 1. The van der Waals surface area contributed by atoms with E-state index in [1.54, 1.807) is 0 Å². The average molecular weight is 292 g/mol. The number of hydrogen-bond donors (Lipinski definition) is 1. The number of fused-ring (bicyclic) bond motifs is 1. The van der Waals surface area contributed by atoms with E-state index in [1.807, 2.05) is 12.1 Å². The first-order chi connectivity index (χ1) is 9.72. The number of primary amides is 1. The molecule has 7 heteroatoms. The molecular formula is C13H16N4O2S. The van der Waals surface area contributed by atoms with Gasteiger partial charge in [-0.1, -0.05) is 11.3 Å². The van der Waals surface area contributed by atoms with Crippen molar-refractivity contribution in [1.82, 2.24) is 9.97 Å². The van der Waals surface area contributed by atoms with Crippen molar-refractivity contribution in [3.05, 3.63) is 17.1 Å². The summed E-state index contributed by atoms with van der Waals surface area (Å²) in [4.78, 5) is 23.1. The summed E-state index contributed by atoms with van der Waals surface area (Å²) in [5.74, 6) is 0.664. The smallest absolute Gasteiger partial charge is 0.217 e. The van der Waals surface area contributed by atoms with E-state index in [-0.39, 0.29) is 5.91 Å². The Morgan fingerprint density at radius 1 is 1.35 bits per heavy atom. The Morgan fingerprint density at radius 2 is 2.15 bits per heavy atom. The molecule has 0 aromatic carbocycles. The highest BCUT2D eigenvalue weighted by atomic mass is 32.1. The number of hydrogen-bond acceptors (Lipinski definition) is 6. The maximum absolute atomic E-state index is 10.8. The Hall–Kier alpha value is -1.73. The molecule has 1 aliphatic rings. The van der Waals surface area contributed by atoms with Gasteiger partial charge in [-0.25, -0.2) is 9.97 Å². The van der Waals surface area contributed by atoms with Crippen LogP contribution >= 0.6 is 11.3 Å². The van der Waals surface area contributed by atoms with Crippen molar-refractivity contribution in [3.63, 3.8) is 0 Å². The third-order valence-corrected chi connectivity index (χ3v) is 4.23. The lowest BCUT2D eigenvalue weighted by Crippen LogP contribution is -2.36. The van der Waals surface area contributed by atoms with Gasteiger partial charge in [-0.3, -0.25) is 4.79 Å². The number of morpholine rings is 1. The van der Waals surface area contributed by atoms with Crippen molar-refractivity contribution < 1.29 is 9.53 Å². The number of carbonyl (C=O) groups excluding carboxylic acids is 1. The van der Waals surface area contributed by atoms with Gasteiger partial charge < -0.3 is 15.4 Å². The first kappa shape index (κ1) is 13.3. The van der Waals surface area contributed by atoms with Crippen LogP contribution in [0.4, 0.5) is 5.82 Å². The summed E-state index contributed by atoms with van der Waals surface area (Å²) in [5.41, 5.74) is 6.04. The van der Waals surface area contributed by atoms with E-state index in [0.29, 0.717) is 12.8 Å². The summed E-state index contributed by atoms with van der Waals surface area (Å²) in [6.07, 6.45) is 0.916. The number of nitrogens with zero attached hydrogens (tertiary/aromatic N) is 3. The summed E-state index contributed by atoms with van der Waals surface area (Å²) in [6, 6.07) is 3.97. The maximum atomic E-state index is 10.8. The second kappa shape index (κ2) is 5.72. The third kappa shape index (κ3) is 2.88. The van der Waals surface area contributed by atoms with Crippen molar-refractivity contribution >= 4 is 33.4 Å². The minimum atomic E-state index is -0.300. The molecule has 0 aliphatic carbocycles. The lowest BCUT2D eigenvalue weighted by molar-refractivity contribution is -0.117. The zero-order valence-corrected chi connectivity index (χ0v) is 11.9. The van der Waals surface area contributed by atoms with Crippen LogP contribution in [-0.4, -0.2) is 42.2 Å². The molecule has 2 aromatic rings. The molecule has 3 heterocycles. The number of rotatable bonds is 4. The third-order valence-electron chi connectivity index (χ3n) is 3.21. The minimum absolute atomic E-state index is 0.300. The predicted molar refractivity (Wildman–Crippen MR) is 78.0 cm³/mol. The monoisotopic (exact) mass is 292 g/mol.